The third kappa shape index (κ3) is 4.50. The van der Waals surface area contributed by atoms with Gasteiger partial charge in [0.1, 0.15) is 5.82 Å². The number of hydrogen-bond donors (Lipinski definition) is 0. The van der Waals surface area contributed by atoms with E-state index in [1.165, 1.54) is 36.5 Å². The average Bonchev–Trinajstić information content (AvgIpc) is 2.78. The van der Waals surface area contributed by atoms with E-state index in [9.17, 15) is 17.6 Å². The Morgan fingerprint density at radius 3 is 2.41 bits per heavy atom. The fourth-order valence-electron chi connectivity index (χ4n) is 4.51. The molecule has 7 heteroatoms. The standard InChI is InChI=1S/C25H26F4N2O/c1-17(20-9-10-22(25(27,28)29)21-4-3-13-30-23(20)21)32-16-24(11-14-31(2)15-12-24)18-5-7-19(26)8-6-18/h3-10,13,17H,11-12,14-16H2,1-2H3. The first-order valence-electron chi connectivity index (χ1n) is 10.7. The van der Waals surface area contributed by atoms with Gasteiger partial charge in [-0.1, -0.05) is 24.3 Å². The highest BCUT2D eigenvalue weighted by Gasteiger charge is 2.37. The van der Waals surface area contributed by atoms with E-state index >= 15 is 0 Å². The van der Waals surface area contributed by atoms with Crippen LogP contribution in [0.15, 0.2) is 54.7 Å². The summed E-state index contributed by atoms with van der Waals surface area (Å²) in [4.78, 5) is 6.49. The van der Waals surface area contributed by atoms with Gasteiger partial charge in [0.15, 0.2) is 0 Å². The summed E-state index contributed by atoms with van der Waals surface area (Å²) in [7, 11) is 2.07. The highest BCUT2D eigenvalue weighted by atomic mass is 19.4. The summed E-state index contributed by atoms with van der Waals surface area (Å²) in [6.07, 6.45) is -1.70. The highest BCUT2D eigenvalue weighted by molar-refractivity contribution is 5.85. The molecular formula is C25H26F4N2O. The van der Waals surface area contributed by atoms with Crippen LogP contribution in [0.1, 0.15) is 42.6 Å². The summed E-state index contributed by atoms with van der Waals surface area (Å²) < 4.78 is 60.2. The second-order valence-corrected chi connectivity index (χ2v) is 8.64. The minimum Gasteiger partial charge on any atom is -0.373 e. The Balaban J connectivity index is 1.62. The molecule has 2 aromatic carbocycles. The monoisotopic (exact) mass is 446 g/mol. The summed E-state index contributed by atoms with van der Waals surface area (Å²) >= 11 is 0. The zero-order chi connectivity index (χ0) is 22.9. The number of hydrogen-bond acceptors (Lipinski definition) is 3. The maximum atomic E-state index is 13.5. The predicted molar refractivity (Wildman–Crippen MR) is 116 cm³/mol. The van der Waals surface area contributed by atoms with Crippen molar-refractivity contribution in [3.05, 3.63) is 77.2 Å². The number of fused-ring (bicyclic) bond motifs is 1. The number of ether oxygens (including phenoxy) is 1. The molecule has 0 radical (unpaired) electrons. The second-order valence-electron chi connectivity index (χ2n) is 8.64. The molecule has 1 aliphatic heterocycles. The molecule has 3 aromatic rings. The molecule has 32 heavy (non-hydrogen) atoms. The van der Waals surface area contributed by atoms with Gasteiger partial charge in [-0.25, -0.2) is 4.39 Å². The van der Waals surface area contributed by atoms with Crippen LogP contribution in [0.4, 0.5) is 17.6 Å². The molecule has 2 heterocycles. The fourth-order valence-corrected chi connectivity index (χ4v) is 4.51. The predicted octanol–water partition coefficient (Wildman–Crippen LogP) is 6.13. The van der Waals surface area contributed by atoms with Gasteiger partial charge in [0.2, 0.25) is 0 Å². The number of likely N-dealkylation sites (tertiary alicyclic amines) is 1. The van der Waals surface area contributed by atoms with Gasteiger partial charge in [0.25, 0.3) is 0 Å². The normalized spacial score (nSPS) is 18.1. The van der Waals surface area contributed by atoms with Crippen LogP contribution < -0.4 is 0 Å². The van der Waals surface area contributed by atoms with E-state index in [2.05, 4.69) is 16.9 Å². The molecule has 1 fully saturated rings. The van der Waals surface area contributed by atoms with Crippen molar-refractivity contribution < 1.29 is 22.3 Å². The molecular weight excluding hydrogens is 420 g/mol. The minimum absolute atomic E-state index is 0.0699. The maximum Gasteiger partial charge on any atom is 0.417 e. The first-order valence-corrected chi connectivity index (χ1v) is 10.7. The minimum atomic E-state index is -4.45. The van der Waals surface area contributed by atoms with Crippen LogP contribution in [0.2, 0.25) is 0 Å². The Hall–Kier alpha value is -2.51. The molecule has 4 rings (SSSR count). The summed E-state index contributed by atoms with van der Waals surface area (Å²) in [6, 6.07) is 12.1. The number of aromatic nitrogens is 1. The van der Waals surface area contributed by atoms with Crippen LogP contribution in [0, 0.1) is 5.82 Å². The smallest absolute Gasteiger partial charge is 0.373 e. The van der Waals surface area contributed by atoms with E-state index in [1.54, 1.807) is 0 Å². The third-order valence-electron chi connectivity index (χ3n) is 6.55. The second kappa shape index (κ2) is 8.79. The molecule has 0 aliphatic carbocycles. The Morgan fingerprint density at radius 2 is 1.75 bits per heavy atom. The molecule has 0 saturated carbocycles. The van der Waals surface area contributed by atoms with Crippen molar-refractivity contribution >= 4 is 10.9 Å². The first-order chi connectivity index (χ1) is 15.2. The molecule has 1 aromatic heterocycles. The van der Waals surface area contributed by atoms with Crippen molar-refractivity contribution in [2.24, 2.45) is 0 Å². The van der Waals surface area contributed by atoms with Crippen molar-refractivity contribution in [3.63, 3.8) is 0 Å². The van der Waals surface area contributed by atoms with E-state index in [0.717, 1.165) is 37.6 Å². The molecule has 0 spiro atoms. The van der Waals surface area contributed by atoms with Crippen LogP contribution in [-0.2, 0) is 16.3 Å². The van der Waals surface area contributed by atoms with Crippen molar-refractivity contribution in [1.29, 1.82) is 0 Å². The number of pyridine rings is 1. The number of benzene rings is 2. The number of alkyl halides is 3. The van der Waals surface area contributed by atoms with Gasteiger partial charge < -0.3 is 9.64 Å². The Bertz CT molecular complexity index is 1070. The van der Waals surface area contributed by atoms with Crippen molar-refractivity contribution in [3.8, 4) is 0 Å². The Morgan fingerprint density at radius 1 is 1.06 bits per heavy atom. The van der Waals surface area contributed by atoms with Gasteiger partial charge in [-0.15, -0.1) is 0 Å². The average molecular weight is 446 g/mol. The summed E-state index contributed by atoms with van der Waals surface area (Å²) in [6.45, 7) is 4.01. The molecule has 1 unspecified atom stereocenters. The zero-order valence-corrected chi connectivity index (χ0v) is 18.1. The van der Waals surface area contributed by atoms with Crippen LogP contribution in [0.5, 0.6) is 0 Å². The van der Waals surface area contributed by atoms with Gasteiger partial charge >= 0.3 is 6.18 Å². The largest absolute Gasteiger partial charge is 0.417 e. The summed E-state index contributed by atoms with van der Waals surface area (Å²) in [5.41, 5.74) is 0.970. The number of nitrogens with zero attached hydrogens (tertiary/aromatic N) is 2. The third-order valence-corrected chi connectivity index (χ3v) is 6.55. The van der Waals surface area contributed by atoms with E-state index in [0.29, 0.717) is 17.7 Å². The van der Waals surface area contributed by atoms with E-state index in [4.69, 9.17) is 4.74 Å². The topological polar surface area (TPSA) is 25.4 Å². The van der Waals surface area contributed by atoms with Crippen LogP contribution in [-0.4, -0.2) is 36.6 Å². The molecule has 3 nitrogen and oxygen atoms in total. The lowest BCUT2D eigenvalue weighted by Crippen LogP contribution is -2.44. The lowest BCUT2D eigenvalue weighted by molar-refractivity contribution is -0.136. The maximum absolute atomic E-state index is 13.5. The van der Waals surface area contributed by atoms with Crippen molar-refractivity contribution in [1.82, 2.24) is 9.88 Å². The molecule has 170 valence electrons. The van der Waals surface area contributed by atoms with Gasteiger partial charge in [0, 0.05) is 22.6 Å². The summed E-state index contributed by atoms with van der Waals surface area (Å²) in [5, 5.41) is 0.0699. The molecule has 1 atom stereocenters. The number of halogens is 4. The van der Waals surface area contributed by atoms with Gasteiger partial charge in [-0.2, -0.15) is 13.2 Å². The highest BCUT2D eigenvalue weighted by Crippen LogP contribution is 2.39. The molecule has 0 amide bonds. The quantitative estimate of drug-likeness (QED) is 0.441. The molecule has 1 aliphatic rings. The lowest BCUT2D eigenvalue weighted by Gasteiger charge is -2.41. The van der Waals surface area contributed by atoms with E-state index in [1.807, 2.05) is 19.1 Å². The van der Waals surface area contributed by atoms with E-state index < -0.39 is 17.8 Å². The van der Waals surface area contributed by atoms with Crippen LogP contribution in [0.3, 0.4) is 0 Å². The number of piperidine rings is 1. The van der Waals surface area contributed by atoms with Gasteiger partial charge in [-0.05, 0) is 69.7 Å². The SMILES string of the molecule is CC(OCC1(c2ccc(F)cc2)CCN(C)CC1)c1ccc(C(F)(F)F)c2cccnc12. The van der Waals surface area contributed by atoms with Crippen molar-refractivity contribution in [2.45, 2.75) is 37.5 Å². The van der Waals surface area contributed by atoms with Crippen LogP contribution >= 0.6 is 0 Å². The lowest BCUT2D eigenvalue weighted by atomic mass is 9.73. The Kier molecular flexibility index (Phi) is 6.23. The fraction of sp³-hybridized carbons (Fsp3) is 0.400. The molecule has 0 bridgehead atoms. The Labute approximate surface area is 185 Å². The van der Waals surface area contributed by atoms with Crippen LogP contribution in [0.25, 0.3) is 10.9 Å². The summed E-state index contributed by atoms with van der Waals surface area (Å²) in [5.74, 6) is -0.284. The molecule has 1 saturated heterocycles. The zero-order valence-electron chi connectivity index (χ0n) is 18.1. The number of rotatable bonds is 5. The first kappa shape index (κ1) is 22.7. The van der Waals surface area contributed by atoms with Gasteiger partial charge in [0.05, 0.1) is 23.8 Å². The van der Waals surface area contributed by atoms with Gasteiger partial charge in [-0.3, -0.25) is 4.98 Å². The van der Waals surface area contributed by atoms with Crippen molar-refractivity contribution in [2.75, 3.05) is 26.7 Å². The van der Waals surface area contributed by atoms with E-state index in [-0.39, 0.29) is 16.6 Å². The molecule has 0 N–H and O–H groups in total.